The summed E-state index contributed by atoms with van der Waals surface area (Å²) in [5.74, 6) is 0. The molecule has 0 bridgehead atoms. The van der Waals surface area contributed by atoms with Gasteiger partial charge in [0.2, 0.25) is 0 Å². The summed E-state index contributed by atoms with van der Waals surface area (Å²) in [4.78, 5) is 0. The zero-order valence-electron chi connectivity index (χ0n) is 8.48. The number of anilines is 1. The van der Waals surface area contributed by atoms with Gasteiger partial charge in [-0.2, -0.15) is 0 Å². The third-order valence-corrected chi connectivity index (χ3v) is 3.79. The second kappa shape index (κ2) is 4.95. The van der Waals surface area contributed by atoms with Gasteiger partial charge in [-0.05, 0) is 29.8 Å². The van der Waals surface area contributed by atoms with Crippen LogP contribution < -0.4 is 5.73 Å². The van der Waals surface area contributed by atoms with E-state index in [9.17, 15) is 0 Å². The van der Waals surface area contributed by atoms with Crippen LogP contribution in [0.2, 0.25) is 20.1 Å². The van der Waals surface area contributed by atoms with E-state index < -0.39 is 0 Å². The first-order valence-electron chi connectivity index (χ1n) is 4.69. The second-order valence-electron chi connectivity index (χ2n) is 3.45. The second-order valence-corrected chi connectivity index (χ2v) is 5.05. The number of nitrogen functional groups attached to an aromatic ring is 1. The Morgan fingerprint density at radius 2 is 1.35 bits per heavy atom. The third-order valence-electron chi connectivity index (χ3n) is 2.33. The lowest BCUT2D eigenvalue weighted by molar-refractivity contribution is 1.61. The largest absolute Gasteiger partial charge is 0.398 e. The molecular formula is C12H7Cl4N. The summed E-state index contributed by atoms with van der Waals surface area (Å²) in [6, 6.07) is 8.54. The summed E-state index contributed by atoms with van der Waals surface area (Å²) in [5, 5.41) is 1.85. The summed E-state index contributed by atoms with van der Waals surface area (Å²) in [5.41, 5.74) is 7.65. The third kappa shape index (κ3) is 2.48. The van der Waals surface area contributed by atoms with Crippen LogP contribution in [0.25, 0.3) is 11.1 Å². The van der Waals surface area contributed by atoms with Crippen LogP contribution in [0.5, 0.6) is 0 Å². The minimum absolute atomic E-state index is 0.404. The van der Waals surface area contributed by atoms with Gasteiger partial charge in [0.1, 0.15) is 0 Å². The molecule has 0 aliphatic rings. The number of halogens is 4. The van der Waals surface area contributed by atoms with Crippen LogP contribution >= 0.6 is 46.4 Å². The van der Waals surface area contributed by atoms with Crippen molar-refractivity contribution in [2.45, 2.75) is 0 Å². The van der Waals surface area contributed by atoms with Gasteiger partial charge in [0.25, 0.3) is 0 Å². The van der Waals surface area contributed by atoms with E-state index in [1.807, 2.05) is 0 Å². The molecule has 0 radical (unpaired) electrons. The molecule has 0 spiro atoms. The minimum atomic E-state index is 0.404. The summed E-state index contributed by atoms with van der Waals surface area (Å²) in [7, 11) is 0. The molecule has 2 aromatic rings. The summed E-state index contributed by atoms with van der Waals surface area (Å²) in [6.45, 7) is 0. The van der Waals surface area contributed by atoms with Gasteiger partial charge in [0.15, 0.2) is 0 Å². The highest BCUT2D eigenvalue weighted by molar-refractivity contribution is 6.46. The van der Waals surface area contributed by atoms with Gasteiger partial charge < -0.3 is 5.73 Å². The van der Waals surface area contributed by atoms with Crippen molar-refractivity contribution in [2.24, 2.45) is 0 Å². The molecule has 0 aliphatic carbocycles. The smallest absolute Gasteiger partial charge is 0.0685 e. The van der Waals surface area contributed by atoms with Gasteiger partial charge in [0, 0.05) is 10.6 Å². The van der Waals surface area contributed by atoms with E-state index >= 15 is 0 Å². The molecule has 0 amide bonds. The van der Waals surface area contributed by atoms with Crippen LogP contribution in [0.3, 0.4) is 0 Å². The zero-order chi connectivity index (χ0) is 12.6. The molecule has 88 valence electrons. The van der Waals surface area contributed by atoms with Crippen LogP contribution in [-0.2, 0) is 0 Å². The Hall–Kier alpha value is -0.600. The molecule has 2 N–H and O–H groups in total. The van der Waals surface area contributed by atoms with Gasteiger partial charge in [-0.15, -0.1) is 0 Å². The lowest BCUT2D eigenvalue weighted by Gasteiger charge is -2.10. The van der Waals surface area contributed by atoms with E-state index in [1.165, 1.54) is 0 Å². The van der Waals surface area contributed by atoms with E-state index in [-0.39, 0.29) is 0 Å². The molecule has 0 heterocycles. The fraction of sp³-hybridized carbons (Fsp3) is 0. The highest BCUT2D eigenvalue weighted by atomic mass is 35.5. The van der Waals surface area contributed by atoms with E-state index in [2.05, 4.69) is 0 Å². The number of rotatable bonds is 1. The summed E-state index contributed by atoms with van der Waals surface area (Å²) < 4.78 is 0. The molecule has 2 rings (SSSR count). The molecule has 17 heavy (non-hydrogen) atoms. The normalized spacial score (nSPS) is 10.6. The molecule has 0 unspecified atom stereocenters. The van der Waals surface area contributed by atoms with Crippen LogP contribution in [0, 0.1) is 0 Å². The fourth-order valence-corrected chi connectivity index (χ4v) is 2.35. The molecular weight excluding hydrogens is 300 g/mol. The molecule has 1 nitrogen and oxygen atoms in total. The van der Waals surface area contributed by atoms with Gasteiger partial charge >= 0.3 is 0 Å². The zero-order valence-corrected chi connectivity index (χ0v) is 11.5. The van der Waals surface area contributed by atoms with Crippen molar-refractivity contribution in [2.75, 3.05) is 5.73 Å². The van der Waals surface area contributed by atoms with Gasteiger partial charge in [-0.1, -0.05) is 52.5 Å². The molecule has 0 atom stereocenters. The Labute approximate surface area is 119 Å². The fourth-order valence-electron chi connectivity index (χ4n) is 1.49. The highest BCUT2D eigenvalue weighted by Gasteiger charge is 2.12. The molecule has 0 fully saturated rings. The van der Waals surface area contributed by atoms with Crippen LogP contribution in [0.4, 0.5) is 5.69 Å². The van der Waals surface area contributed by atoms with Crippen molar-refractivity contribution in [1.82, 2.24) is 0 Å². The lowest BCUT2D eigenvalue weighted by Crippen LogP contribution is -1.89. The van der Waals surface area contributed by atoms with Crippen molar-refractivity contribution in [3.8, 4) is 11.1 Å². The lowest BCUT2D eigenvalue weighted by atomic mass is 10.0. The van der Waals surface area contributed by atoms with Gasteiger partial charge in [-0.25, -0.2) is 0 Å². The van der Waals surface area contributed by atoms with Gasteiger partial charge in [-0.3, -0.25) is 0 Å². The highest BCUT2D eigenvalue weighted by Crippen LogP contribution is 2.40. The van der Waals surface area contributed by atoms with Crippen molar-refractivity contribution >= 4 is 52.1 Å². The van der Waals surface area contributed by atoms with Crippen molar-refractivity contribution in [3.63, 3.8) is 0 Å². The maximum atomic E-state index is 6.13. The molecule has 0 aromatic heterocycles. The van der Waals surface area contributed by atoms with Gasteiger partial charge in [0.05, 0.1) is 20.8 Å². The van der Waals surface area contributed by atoms with Crippen LogP contribution in [0.15, 0.2) is 30.3 Å². The van der Waals surface area contributed by atoms with E-state index in [0.717, 1.165) is 5.56 Å². The van der Waals surface area contributed by atoms with E-state index in [0.29, 0.717) is 31.3 Å². The Bertz CT molecular complexity index is 581. The number of nitrogens with two attached hydrogens (primary N) is 1. The summed E-state index contributed by atoms with van der Waals surface area (Å²) in [6.07, 6.45) is 0. The Morgan fingerprint density at radius 3 is 2.00 bits per heavy atom. The maximum Gasteiger partial charge on any atom is 0.0685 e. The van der Waals surface area contributed by atoms with Crippen molar-refractivity contribution in [3.05, 3.63) is 50.4 Å². The first-order chi connectivity index (χ1) is 8.00. The van der Waals surface area contributed by atoms with Crippen LogP contribution in [-0.4, -0.2) is 0 Å². The average molecular weight is 307 g/mol. The molecule has 2 aromatic carbocycles. The molecule has 0 saturated carbocycles. The number of hydrogen-bond donors (Lipinski definition) is 1. The molecule has 5 heteroatoms. The Balaban J connectivity index is 2.68. The SMILES string of the molecule is Nc1cc(-c2c(Cl)ccc(Cl)c2Cl)ccc1Cl. The molecule has 0 aliphatic heterocycles. The summed E-state index contributed by atoms with van der Waals surface area (Å²) >= 11 is 24.1. The number of benzene rings is 2. The first-order valence-corrected chi connectivity index (χ1v) is 6.21. The quantitative estimate of drug-likeness (QED) is 0.542. The van der Waals surface area contributed by atoms with Crippen LogP contribution in [0.1, 0.15) is 0 Å². The Kier molecular flexibility index (Phi) is 3.74. The van der Waals surface area contributed by atoms with Crippen molar-refractivity contribution < 1.29 is 0 Å². The van der Waals surface area contributed by atoms with Crippen molar-refractivity contribution in [1.29, 1.82) is 0 Å². The predicted molar refractivity (Wildman–Crippen MR) is 76.3 cm³/mol. The minimum Gasteiger partial charge on any atom is -0.398 e. The maximum absolute atomic E-state index is 6.13. The van der Waals surface area contributed by atoms with E-state index in [1.54, 1.807) is 30.3 Å². The number of hydrogen-bond acceptors (Lipinski definition) is 1. The molecule has 0 saturated heterocycles. The topological polar surface area (TPSA) is 26.0 Å². The first kappa shape index (κ1) is 12.8. The predicted octanol–water partition coefficient (Wildman–Crippen LogP) is 5.55. The Morgan fingerprint density at radius 1 is 0.765 bits per heavy atom. The standard InChI is InChI=1S/C12H7Cl4N/c13-7-2-1-6(5-10(7)17)11-8(14)3-4-9(15)12(11)16/h1-5H,17H2. The van der Waals surface area contributed by atoms with E-state index in [4.69, 9.17) is 52.1 Å². The average Bonchev–Trinajstić information content (AvgIpc) is 2.29. The monoisotopic (exact) mass is 305 g/mol.